The predicted molar refractivity (Wildman–Crippen MR) is 63.3 cm³/mol. The fourth-order valence-corrected chi connectivity index (χ4v) is 1.23. The summed E-state index contributed by atoms with van der Waals surface area (Å²) in [5.74, 6) is 0. The molecule has 1 amide bonds. The molecule has 93 valence electrons. The molecule has 1 radical (unpaired) electrons. The predicted octanol–water partition coefficient (Wildman–Crippen LogP) is 2.04. The van der Waals surface area contributed by atoms with Crippen LogP contribution in [0.5, 0.6) is 0 Å². The average molecular weight is 236 g/mol. The lowest BCUT2D eigenvalue weighted by molar-refractivity contribution is 0.0468. The molecule has 0 fully saturated rings. The maximum atomic E-state index is 11.7. The van der Waals surface area contributed by atoms with E-state index in [2.05, 4.69) is 21.6 Å². The van der Waals surface area contributed by atoms with Gasteiger partial charge in [-0.25, -0.2) is 14.8 Å². The van der Waals surface area contributed by atoms with Crippen LogP contribution in [0.3, 0.4) is 0 Å². The number of nitrogens with one attached hydrogen (secondary N) is 1. The Balaban J connectivity index is 2.71. The minimum absolute atomic E-state index is 0.471. The van der Waals surface area contributed by atoms with Gasteiger partial charge in [0.1, 0.15) is 5.60 Å². The first-order valence-corrected chi connectivity index (χ1v) is 5.41. The van der Waals surface area contributed by atoms with E-state index in [0.717, 1.165) is 0 Å². The summed E-state index contributed by atoms with van der Waals surface area (Å²) >= 11 is 0. The van der Waals surface area contributed by atoms with E-state index in [9.17, 15) is 4.79 Å². The number of aromatic nitrogens is 2. The molecule has 0 aliphatic rings. The SMILES string of the molecule is CC(C)(C)OC(=O)NC(C)(C)c1ccn[c]n1. The van der Waals surface area contributed by atoms with Gasteiger partial charge in [0.05, 0.1) is 11.2 Å². The van der Waals surface area contributed by atoms with Crippen molar-refractivity contribution < 1.29 is 9.53 Å². The molecule has 1 aromatic heterocycles. The molecule has 0 unspecified atom stereocenters. The van der Waals surface area contributed by atoms with Gasteiger partial charge in [0, 0.05) is 6.20 Å². The normalized spacial score (nSPS) is 12.1. The zero-order valence-corrected chi connectivity index (χ0v) is 10.9. The van der Waals surface area contributed by atoms with Crippen LogP contribution in [0.1, 0.15) is 40.3 Å². The molecule has 1 N–H and O–H groups in total. The monoisotopic (exact) mass is 236 g/mol. The quantitative estimate of drug-likeness (QED) is 0.853. The number of hydrogen-bond donors (Lipinski definition) is 1. The van der Waals surface area contributed by atoms with Crippen molar-refractivity contribution in [1.82, 2.24) is 15.3 Å². The van der Waals surface area contributed by atoms with Crippen molar-refractivity contribution in [1.29, 1.82) is 0 Å². The second-order valence-corrected chi connectivity index (χ2v) is 5.29. The van der Waals surface area contributed by atoms with Crippen LogP contribution in [-0.2, 0) is 10.3 Å². The largest absolute Gasteiger partial charge is 0.444 e. The maximum absolute atomic E-state index is 11.7. The molecule has 1 heterocycles. The van der Waals surface area contributed by atoms with Gasteiger partial charge in [0.25, 0.3) is 0 Å². The molecule has 5 heteroatoms. The molecule has 0 aliphatic carbocycles. The second kappa shape index (κ2) is 4.69. The molecular formula is C12H18N3O2. The topological polar surface area (TPSA) is 64.1 Å². The first kappa shape index (κ1) is 13.4. The highest BCUT2D eigenvalue weighted by Gasteiger charge is 2.27. The Morgan fingerprint density at radius 1 is 1.35 bits per heavy atom. The number of amides is 1. The van der Waals surface area contributed by atoms with E-state index >= 15 is 0 Å². The van der Waals surface area contributed by atoms with E-state index in [0.29, 0.717) is 5.69 Å². The van der Waals surface area contributed by atoms with Crippen LogP contribution in [0, 0.1) is 6.33 Å². The smallest absolute Gasteiger partial charge is 0.408 e. The Kier molecular flexibility index (Phi) is 3.70. The van der Waals surface area contributed by atoms with E-state index in [1.54, 1.807) is 12.3 Å². The van der Waals surface area contributed by atoms with Crippen molar-refractivity contribution in [2.24, 2.45) is 0 Å². The number of carbonyl (C=O) groups is 1. The van der Waals surface area contributed by atoms with Crippen LogP contribution >= 0.6 is 0 Å². The Bertz CT molecular complexity index is 382. The first-order valence-electron chi connectivity index (χ1n) is 5.41. The number of alkyl carbamates (subject to hydrolysis) is 1. The zero-order chi connectivity index (χ0) is 13.1. The van der Waals surface area contributed by atoms with Gasteiger partial charge in [0.15, 0.2) is 6.33 Å². The van der Waals surface area contributed by atoms with E-state index in [1.807, 2.05) is 34.6 Å². The average Bonchev–Trinajstić information content (AvgIpc) is 2.15. The van der Waals surface area contributed by atoms with Gasteiger partial charge in [-0.3, -0.25) is 0 Å². The third-order valence-electron chi connectivity index (χ3n) is 1.99. The van der Waals surface area contributed by atoms with Crippen LogP contribution in [0.2, 0.25) is 0 Å². The summed E-state index contributed by atoms with van der Waals surface area (Å²) in [6, 6.07) is 1.73. The van der Waals surface area contributed by atoms with Gasteiger partial charge < -0.3 is 10.1 Å². The summed E-state index contributed by atoms with van der Waals surface area (Å²) in [6.07, 6.45) is 3.61. The van der Waals surface area contributed by atoms with Gasteiger partial charge in [-0.2, -0.15) is 0 Å². The molecule has 5 nitrogen and oxygen atoms in total. The molecule has 0 saturated heterocycles. The first-order chi connectivity index (χ1) is 7.71. The lowest BCUT2D eigenvalue weighted by Gasteiger charge is -2.27. The van der Waals surface area contributed by atoms with Crippen LogP contribution in [0.25, 0.3) is 0 Å². The molecule has 0 spiro atoms. The summed E-state index contributed by atoms with van der Waals surface area (Å²) in [5.41, 5.74) is -0.460. The van der Waals surface area contributed by atoms with Gasteiger partial charge in [0.2, 0.25) is 0 Å². The molecule has 17 heavy (non-hydrogen) atoms. The lowest BCUT2D eigenvalue weighted by atomic mass is 10.0. The molecule has 0 aromatic carbocycles. The van der Waals surface area contributed by atoms with Crippen LogP contribution < -0.4 is 5.32 Å². The van der Waals surface area contributed by atoms with Gasteiger partial charge >= 0.3 is 6.09 Å². The molecular weight excluding hydrogens is 218 g/mol. The van der Waals surface area contributed by atoms with Gasteiger partial charge in [-0.15, -0.1) is 0 Å². The van der Waals surface area contributed by atoms with Crippen molar-refractivity contribution in [2.75, 3.05) is 0 Å². The van der Waals surface area contributed by atoms with Crippen molar-refractivity contribution in [3.63, 3.8) is 0 Å². The fourth-order valence-electron chi connectivity index (χ4n) is 1.23. The summed E-state index contributed by atoms with van der Waals surface area (Å²) in [6.45, 7) is 9.13. The third-order valence-corrected chi connectivity index (χ3v) is 1.99. The third kappa shape index (κ3) is 4.38. The summed E-state index contributed by atoms with van der Waals surface area (Å²) < 4.78 is 5.19. The lowest BCUT2D eigenvalue weighted by Crippen LogP contribution is -2.44. The van der Waals surface area contributed by atoms with Gasteiger partial charge in [-0.05, 0) is 40.7 Å². The number of carbonyl (C=O) groups excluding carboxylic acids is 1. The Hall–Kier alpha value is -1.65. The van der Waals surface area contributed by atoms with E-state index in [4.69, 9.17) is 4.74 Å². The molecule has 0 saturated carbocycles. The molecule has 0 atom stereocenters. The van der Waals surface area contributed by atoms with Crippen LogP contribution in [-0.4, -0.2) is 21.7 Å². The fraction of sp³-hybridized carbons (Fsp3) is 0.583. The Morgan fingerprint density at radius 3 is 2.47 bits per heavy atom. The summed E-state index contributed by atoms with van der Waals surface area (Å²) in [4.78, 5) is 19.4. The minimum Gasteiger partial charge on any atom is -0.444 e. The molecule has 0 bridgehead atoms. The molecule has 1 rings (SSSR count). The number of rotatable bonds is 2. The standard InChI is InChI=1S/C12H18N3O2/c1-11(2,3)17-10(16)15-12(4,5)9-6-7-13-8-14-9/h6-7H,1-5H3,(H,15,16). The van der Waals surface area contributed by atoms with Crippen LogP contribution in [0.15, 0.2) is 12.3 Å². The molecule has 1 aromatic rings. The van der Waals surface area contributed by atoms with E-state index in [-0.39, 0.29) is 0 Å². The van der Waals surface area contributed by atoms with Gasteiger partial charge in [-0.1, -0.05) is 0 Å². The number of nitrogens with zero attached hydrogens (tertiary/aromatic N) is 2. The van der Waals surface area contributed by atoms with Crippen molar-refractivity contribution in [3.05, 3.63) is 24.3 Å². The summed E-state index contributed by atoms with van der Waals surface area (Å²) in [7, 11) is 0. The van der Waals surface area contributed by atoms with Crippen molar-refractivity contribution in [2.45, 2.75) is 45.8 Å². The summed E-state index contributed by atoms with van der Waals surface area (Å²) in [5, 5.41) is 2.76. The number of hydrogen-bond acceptors (Lipinski definition) is 4. The second-order valence-electron chi connectivity index (χ2n) is 5.29. The number of ether oxygens (including phenoxy) is 1. The van der Waals surface area contributed by atoms with E-state index in [1.165, 1.54) is 0 Å². The maximum Gasteiger partial charge on any atom is 0.408 e. The van der Waals surface area contributed by atoms with Crippen molar-refractivity contribution >= 4 is 6.09 Å². The van der Waals surface area contributed by atoms with E-state index < -0.39 is 17.2 Å². The minimum atomic E-state index is -0.623. The highest BCUT2D eigenvalue weighted by Crippen LogP contribution is 2.17. The highest BCUT2D eigenvalue weighted by atomic mass is 16.6. The highest BCUT2D eigenvalue weighted by molar-refractivity contribution is 5.68. The van der Waals surface area contributed by atoms with Crippen LogP contribution in [0.4, 0.5) is 4.79 Å². The zero-order valence-electron chi connectivity index (χ0n) is 10.9. The van der Waals surface area contributed by atoms with Crippen molar-refractivity contribution in [3.8, 4) is 0 Å². The Labute approximate surface area is 102 Å². The molecule has 0 aliphatic heterocycles. The Morgan fingerprint density at radius 2 is 2.00 bits per heavy atom.